The summed E-state index contributed by atoms with van der Waals surface area (Å²) in [7, 11) is 3.63. The van der Waals surface area contributed by atoms with Crippen LogP contribution in [0.4, 0.5) is 0 Å². The van der Waals surface area contributed by atoms with Gasteiger partial charge >= 0.3 is 0 Å². The number of benzene rings is 2. The largest absolute Gasteiger partial charge is 0.493 e. The first-order valence-corrected chi connectivity index (χ1v) is 11.2. The third-order valence-corrected chi connectivity index (χ3v) is 5.56. The Kier molecular flexibility index (Phi) is 9.81. The van der Waals surface area contributed by atoms with Crippen molar-refractivity contribution in [3.8, 4) is 11.5 Å². The minimum Gasteiger partial charge on any atom is -0.493 e. The minimum atomic E-state index is -0.550. The van der Waals surface area contributed by atoms with Crippen LogP contribution in [-0.2, 0) is 13.1 Å². The van der Waals surface area contributed by atoms with E-state index in [-0.39, 0.29) is 6.61 Å². The number of likely N-dealkylation sites (N-methyl/N-ethyl adjacent to an activating group) is 1. The van der Waals surface area contributed by atoms with Gasteiger partial charge in [-0.25, -0.2) is 0 Å². The Bertz CT molecular complexity index is 755. The van der Waals surface area contributed by atoms with Crippen LogP contribution >= 0.6 is 11.8 Å². The normalized spacial score (nSPS) is 12.4. The highest BCUT2D eigenvalue weighted by molar-refractivity contribution is 7.98. The Morgan fingerprint density at radius 3 is 2.45 bits per heavy atom. The fourth-order valence-electron chi connectivity index (χ4n) is 2.86. The van der Waals surface area contributed by atoms with E-state index in [4.69, 9.17) is 9.47 Å². The molecule has 5 nitrogen and oxygen atoms in total. The summed E-state index contributed by atoms with van der Waals surface area (Å²) in [5.41, 5.74) is 2.39. The van der Waals surface area contributed by atoms with Gasteiger partial charge in [0.15, 0.2) is 11.5 Å². The molecular weight excluding hydrogens is 384 g/mol. The van der Waals surface area contributed by atoms with Crippen molar-refractivity contribution in [2.75, 3.05) is 33.6 Å². The molecule has 0 amide bonds. The van der Waals surface area contributed by atoms with Crippen LogP contribution in [0.1, 0.15) is 25.0 Å². The average Bonchev–Trinajstić information content (AvgIpc) is 2.72. The van der Waals surface area contributed by atoms with Gasteiger partial charge in [-0.3, -0.25) is 0 Å². The maximum atomic E-state index is 10.2. The summed E-state index contributed by atoms with van der Waals surface area (Å²) in [6.45, 7) is 6.55. The molecule has 0 spiro atoms. The van der Waals surface area contributed by atoms with Crippen molar-refractivity contribution in [3.63, 3.8) is 0 Å². The Balaban J connectivity index is 1.87. The summed E-state index contributed by atoms with van der Waals surface area (Å²) in [6.07, 6.45) is 1.54. The van der Waals surface area contributed by atoms with E-state index in [0.717, 1.165) is 18.7 Å². The Labute approximate surface area is 179 Å². The predicted molar refractivity (Wildman–Crippen MR) is 121 cm³/mol. The van der Waals surface area contributed by atoms with Gasteiger partial charge in [0.1, 0.15) is 12.7 Å². The number of hydrogen-bond donors (Lipinski definition) is 2. The van der Waals surface area contributed by atoms with Gasteiger partial charge in [-0.1, -0.05) is 18.2 Å². The zero-order valence-corrected chi connectivity index (χ0v) is 19.0. The molecule has 2 rings (SSSR count). The van der Waals surface area contributed by atoms with Gasteiger partial charge in [0.25, 0.3) is 0 Å². The van der Waals surface area contributed by atoms with Crippen molar-refractivity contribution < 1.29 is 14.6 Å². The monoisotopic (exact) mass is 418 g/mol. The van der Waals surface area contributed by atoms with Crippen LogP contribution in [0.5, 0.6) is 11.5 Å². The van der Waals surface area contributed by atoms with Crippen LogP contribution in [0.15, 0.2) is 47.4 Å². The second kappa shape index (κ2) is 12.1. The fourth-order valence-corrected chi connectivity index (χ4v) is 3.34. The van der Waals surface area contributed by atoms with Crippen LogP contribution in [-0.4, -0.2) is 55.7 Å². The quantitative estimate of drug-likeness (QED) is 0.512. The molecule has 29 heavy (non-hydrogen) atoms. The van der Waals surface area contributed by atoms with Crippen molar-refractivity contribution in [1.82, 2.24) is 10.2 Å². The first-order valence-electron chi connectivity index (χ1n) is 9.94. The molecule has 0 aliphatic heterocycles. The molecule has 0 aliphatic rings. The zero-order valence-electron chi connectivity index (χ0n) is 18.1. The van der Waals surface area contributed by atoms with Gasteiger partial charge in [-0.2, -0.15) is 0 Å². The Hall–Kier alpha value is -1.73. The standard InChI is InChI=1S/C23H34N2O3S/c1-17(2)25(3)15-20(26)16-28-22-10-9-19(12-23(22)27-4)14-24-13-18-7-6-8-21(11-18)29-5/h6-12,17,20,24,26H,13-16H2,1-5H3/t20-/m0/s1. The molecule has 0 aromatic heterocycles. The number of hydrogen-bond acceptors (Lipinski definition) is 6. The second-order valence-electron chi connectivity index (χ2n) is 7.44. The molecule has 1 atom stereocenters. The number of rotatable bonds is 12. The highest BCUT2D eigenvalue weighted by atomic mass is 32.2. The molecule has 0 aliphatic carbocycles. The molecule has 2 aromatic rings. The van der Waals surface area contributed by atoms with Crippen LogP contribution < -0.4 is 14.8 Å². The van der Waals surface area contributed by atoms with Crippen LogP contribution in [0.2, 0.25) is 0 Å². The van der Waals surface area contributed by atoms with Gasteiger partial charge < -0.3 is 24.8 Å². The van der Waals surface area contributed by atoms with E-state index in [1.807, 2.05) is 25.2 Å². The highest BCUT2D eigenvalue weighted by Gasteiger charge is 2.13. The fraction of sp³-hybridized carbons (Fsp3) is 0.478. The molecule has 0 saturated carbocycles. The number of aliphatic hydroxyl groups excluding tert-OH is 1. The Morgan fingerprint density at radius 2 is 1.79 bits per heavy atom. The number of aliphatic hydroxyl groups is 1. The SMILES string of the molecule is COc1cc(CNCc2cccc(SC)c2)ccc1OC[C@@H](O)CN(C)C(C)C. The maximum absolute atomic E-state index is 10.2. The van der Waals surface area contributed by atoms with Gasteiger partial charge in [-0.15, -0.1) is 11.8 Å². The third kappa shape index (κ3) is 7.90. The smallest absolute Gasteiger partial charge is 0.161 e. The van der Waals surface area contributed by atoms with Crippen LogP contribution in [0, 0.1) is 0 Å². The lowest BCUT2D eigenvalue weighted by Gasteiger charge is -2.24. The lowest BCUT2D eigenvalue weighted by Crippen LogP contribution is -2.36. The number of nitrogens with one attached hydrogen (secondary N) is 1. The van der Waals surface area contributed by atoms with E-state index in [1.165, 1.54) is 10.5 Å². The molecule has 160 valence electrons. The molecule has 0 radical (unpaired) electrons. The molecule has 0 bridgehead atoms. The number of ether oxygens (including phenoxy) is 2. The molecular formula is C23H34N2O3S. The molecule has 0 saturated heterocycles. The minimum absolute atomic E-state index is 0.233. The van der Waals surface area contributed by atoms with Crippen molar-refractivity contribution in [2.24, 2.45) is 0 Å². The maximum Gasteiger partial charge on any atom is 0.161 e. The summed E-state index contributed by atoms with van der Waals surface area (Å²) in [4.78, 5) is 3.36. The van der Waals surface area contributed by atoms with E-state index >= 15 is 0 Å². The first kappa shape index (κ1) is 23.5. The third-order valence-electron chi connectivity index (χ3n) is 4.83. The van der Waals surface area contributed by atoms with Crippen molar-refractivity contribution in [2.45, 2.75) is 44.0 Å². The van der Waals surface area contributed by atoms with E-state index < -0.39 is 6.10 Å². The van der Waals surface area contributed by atoms with Crippen LogP contribution in [0.25, 0.3) is 0 Å². The van der Waals surface area contributed by atoms with Gasteiger partial charge in [0.2, 0.25) is 0 Å². The number of thioether (sulfide) groups is 1. The topological polar surface area (TPSA) is 54.0 Å². The molecule has 0 unspecified atom stereocenters. The summed E-state index contributed by atoms with van der Waals surface area (Å²) < 4.78 is 11.3. The van der Waals surface area contributed by atoms with E-state index in [9.17, 15) is 5.11 Å². The van der Waals surface area contributed by atoms with E-state index in [1.54, 1.807) is 18.9 Å². The zero-order chi connectivity index (χ0) is 21.2. The summed E-state index contributed by atoms with van der Waals surface area (Å²) >= 11 is 1.75. The molecule has 2 N–H and O–H groups in total. The highest BCUT2D eigenvalue weighted by Crippen LogP contribution is 2.28. The van der Waals surface area contributed by atoms with Crippen molar-refractivity contribution >= 4 is 11.8 Å². The lowest BCUT2D eigenvalue weighted by atomic mass is 10.2. The lowest BCUT2D eigenvalue weighted by molar-refractivity contribution is 0.0668. The van der Waals surface area contributed by atoms with Gasteiger partial charge in [0.05, 0.1) is 7.11 Å². The van der Waals surface area contributed by atoms with Gasteiger partial charge in [-0.05, 0) is 62.5 Å². The van der Waals surface area contributed by atoms with Crippen LogP contribution in [0.3, 0.4) is 0 Å². The average molecular weight is 419 g/mol. The van der Waals surface area contributed by atoms with E-state index in [0.29, 0.717) is 24.1 Å². The summed E-state index contributed by atoms with van der Waals surface area (Å²) in [5.74, 6) is 1.33. The van der Waals surface area contributed by atoms with E-state index in [2.05, 4.69) is 54.6 Å². The molecule has 0 fully saturated rings. The first-order chi connectivity index (χ1) is 13.9. The molecule has 2 aromatic carbocycles. The molecule has 0 heterocycles. The molecule has 6 heteroatoms. The van der Waals surface area contributed by atoms with Crippen molar-refractivity contribution in [3.05, 3.63) is 53.6 Å². The van der Waals surface area contributed by atoms with Crippen molar-refractivity contribution in [1.29, 1.82) is 0 Å². The summed E-state index contributed by atoms with van der Waals surface area (Å²) in [5, 5.41) is 13.7. The number of methoxy groups -OCH3 is 1. The van der Waals surface area contributed by atoms with Gasteiger partial charge in [0, 0.05) is 30.6 Å². The Morgan fingerprint density at radius 1 is 1.07 bits per heavy atom. The summed E-state index contributed by atoms with van der Waals surface area (Å²) in [6, 6.07) is 14.8. The second-order valence-corrected chi connectivity index (χ2v) is 8.32. The predicted octanol–water partition coefficient (Wildman–Crippen LogP) is 3.79. The number of nitrogens with zero attached hydrogens (tertiary/aromatic N) is 1.